The lowest BCUT2D eigenvalue weighted by molar-refractivity contribution is 0.668. The molecule has 0 fully saturated rings. The number of fused-ring (bicyclic) bond motifs is 9. The number of benzene rings is 9. The van der Waals surface area contributed by atoms with Gasteiger partial charge in [0.15, 0.2) is 0 Å². The Morgan fingerprint density at radius 1 is 0.407 bits per heavy atom. The summed E-state index contributed by atoms with van der Waals surface area (Å²) >= 11 is 1.89. The molecule has 2 unspecified atom stereocenters. The van der Waals surface area contributed by atoms with Gasteiger partial charge in [-0.3, -0.25) is 0 Å². The largest absolute Gasteiger partial charge is 0.456 e. The third-order valence-electron chi connectivity index (χ3n) is 12.6. The maximum absolute atomic E-state index is 6.34. The quantitative estimate of drug-likeness (QED) is 0.157. The first-order valence-corrected chi connectivity index (χ1v) is 21.3. The van der Waals surface area contributed by atoms with Gasteiger partial charge >= 0.3 is 0 Å². The molecule has 2 aromatic heterocycles. The summed E-state index contributed by atoms with van der Waals surface area (Å²) in [4.78, 5) is 0. The van der Waals surface area contributed by atoms with Crippen molar-refractivity contribution >= 4 is 53.4 Å². The number of rotatable bonds is 7. The van der Waals surface area contributed by atoms with Gasteiger partial charge in [0.05, 0.1) is 0 Å². The van der Waals surface area contributed by atoms with Crippen LogP contribution >= 0.6 is 11.3 Å². The number of para-hydroxylation sites is 1. The minimum atomic E-state index is 0.153. The molecule has 0 N–H and O–H groups in total. The highest BCUT2D eigenvalue weighted by Crippen LogP contribution is 2.50. The van der Waals surface area contributed by atoms with Crippen molar-refractivity contribution in [1.29, 1.82) is 0 Å². The fourth-order valence-electron chi connectivity index (χ4n) is 9.66. The van der Waals surface area contributed by atoms with Crippen LogP contribution < -0.4 is 0 Å². The maximum atomic E-state index is 6.34. The van der Waals surface area contributed by atoms with Gasteiger partial charge in [-0.1, -0.05) is 176 Å². The summed E-state index contributed by atoms with van der Waals surface area (Å²) in [5, 5.41) is 5.01. The Balaban J connectivity index is 0.878. The van der Waals surface area contributed by atoms with E-state index in [1.54, 1.807) is 0 Å². The smallest absolute Gasteiger partial charge is 0.135 e. The van der Waals surface area contributed by atoms with E-state index < -0.39 is 0 Å². The van der Waals surface area contributed by atoms with E-state index in [-0.39, 0.29) is 11.8 Å². The molecule has 0 aliphatic heterocycles. The minimum Gasteiger partial charge on any atom is -0.456 e. The highest BCUT2D eigenvalue weighted by molar-refractivity contribution is 7.25. The Bertz CT molecular complexity index is 3350. The lowest BCUT2D eigenvalue weighted by Crippen LogP contribution is -2.05. The van der Waals surface area contributed by atoms with Gasteiger partial charge in [0.1, 0.15) is 11.2 Å². The summed E-state index contributed by atoms with van der Waals surface area (Å²) in [7, 11) is 0. The number of hydrogen-bond acceptors (Lipinski definition) is 2. The fourth-order valence-corrected chi connectivity index (χ4v) is 10.8. The van der Waals surface area contributed by atoms with E-state index in [0.717, 1.165) is 17.6 Å². The van der Waals surface area contributed by atoms with Crippen LogP contribution in [-0.4, -0.2) is 0 Å². The van der Waals surface area contributed by atoms with Crippen LogP contribution in [0.15, 0.2) is 211 Å². The molecule has 2 atom stereocenters. The van der Waals surface area contributed by atoms with Crippen molar-refractivity contribution < 1.29 is 4.42 Å². The molecular weight excluding hydrogens is 733 g/mol. The first-order chi connectivity index (χ1) is 29.2. The molecule has 0 radical (unpaired) electrons. The second kappa shape index (κ2) is 13.8. The third kappa shape index (κ3) is 5.82. The van der Waals surface area contributed by atoms with E-state index in [4.69, 9.17) is 4.42 Å². The molecule has 9 aromatic carbocycles. The summed E-state index contributed by atoms with van der Waals surface area (Å²) in [6, 6.07) is 76.2. The second-order valence-corrected chi connectivity index (χ2v) is 17.1. The molecule has 2 heteroatoms. The fraction of sp³-hybridized carbons (Fsp3) is 0.0526. The van der Waals surface area contributed by atoms with Crippen molar-refractivity contribution in [3.05, 3.63) is 240 Å². The van der Waals surface area contributed by atoms with Crippen LogP contribution in [0.1, 0.15) is 45.2 Å². The molecule has 0 saturated heterocycles. The van der Waals surface area contributed by atoms with Crippen molar-refractivity contribution in [1.82, 2.24) is 0 Å². The summed E-state index contributed by atoms with van der Waals surface area (Å²) in [6.45, 7) is 0. The van der Waals surface area contributed by atoms with Gasteiger partial charge in [-0.15, -0.1) is 11.3 Å². The zero-order valence-electron chi connectivity index (χ0n) is 32.3. The van der Waals surface area contributed by atoms with Crippen molar-refractivity contribution in [3.63, 3.8) is 0 Å². The standard InChI is InChI=1S/C57H38OS/c1-2-10-37(11-3-1)38-22-24-40(25-23-38)51(42-27-30-48-47-14-7-9-17-55(47)59-56(48)35-42)32-36-18-20-39(21-19-36)41-26-31-50-52(33-41)44-12-4-5-15-49(44)57(50)43-28-29-46-45-13-6-8-16-53(45)58-54(46)34-43/h1-31,33-35,51,57H,32H2. The van der Waals surface area contributed by atoms with Gasteiger partial charge in [0.2, 0.25) is 0 Å². The first-order valence-electron chi connectivity index (χ1n) is 20.5. The Kier molecular flexibility index (Phi) is 7.99. The third-order valence-corrected chi connectivity index (χ3v) is 13.7. The van der Waals surface area contributed by atoms with Gasteiger partial charge in [0, 0.05) is 42.8 Å². The molecule has 12 rings (SSSR count). The monoisotopic (exact) mass is 770 g/mol. The summed E-state index contributed by atoms with van der Waals surface area (Å²) in [5.74, 6) is 0.369. The zero-order valence-corrected chi connectivity index (χ0v) is 33.1. The van der Waals surface area contributed by atoms with Gasteiger partial charge < -0.3 is 4.42 Å². The van der Waals surface area contributed by atoms with Crippen LogP contribution in [0.2, 0.25) is 0 Å². The van der Waals surface area contributed by atoms with Crippen molar-refractivity contribution in [2.75, 3.05) is 0 Å². The SMILES string of the molecule is c1ccc(-c2ccc(C(Cc3ccc(-c4ccc5c(c4)-c4ccccc4C5c4ccc5c(c4)oc4ccccc45)cc3)c3ccc4c(c3)sc3ccccc34)cc2)cc1. The van der Waals surface area contributed by atoms with Crippen molar-refractivity contribution in [2.45, 2.75) is 18.3 Å². The predicted molar refractivity (Wildman–Crippen MR) is 249 cm³/mol. The molecule has 278 valence electrons. The number of hydrogen-bond donors (Lipinski definition) is 0. The van der Waals surface area contributed by atoms with Crippen molar-refractivity contribution in [2.24, 2.45) is 0 Å². The minimum absolute atomic E-state index is 0.153. The van der Waals surface area contributed by atoms with Gasteiger partial charge in [-0.25, -0.2) is 0 Å². The number of thiophene rings is 1. The molecule has 2 heterocycles. The summed E-state index contributed by atoms with van der Waals surface area (Å²) in [6.07, 6.45) is 0.913. The van der Waals surface area contributed by atoms with E-state index >= 15 is 0 Å². The second-order valence-electron chi connectivity index (χ2n) is 16.0. The molecule has 1 aliphatic rings. The average molecular weight is 771 g/mol. The topological polar surface area (TPSA) is 13.1 Å². The normalized spacial score (nSPS) is 13.9. The van der Waals surface area contributed by atoms with Crippen molar-refractivity contribution in [3.8, 4) is 33.4 Å². The van der Waals surface area contributed by atoms with Crippen LogP contribution in [0.5, 0.6) is 0 Å². The summed E-state index contributed by atoms with van der Waals surface area (Å²) in [5.41, 5.74) is 17.4. The van der Waals surface area contributed by atoms with Gasteiger partial charge in [0.25, 0.3) is 0 Å². The van der Waals surface area contributed by atoms with Crippen LogP contribution in [0.25, 0.3) is 75.5 Å². The van der Waals surface area contributed by atoms with E-state index in [9.17, 15) is 0 Å². The first kappa shape index (κ1) is 34.1. The average Bonchev–Trinajstić information content (AvgIpc) is 3.97. The molecule has 0 spiro atoms. The lowest BCUT2D eigenvalue weighted by atomic mass is 9.84. The molecule has 59 heavy (non-hydrogen) atoms. The molecule has 11 aromatic rings. The van der Waals surface area contributed by atoms with Gasteiger partial charge in [-0.05, 0) is 104 Å². The Morgan fingerprint density at radius 2 is 1.03 bits per heavy atom. The van der Waals surface area contributed by atoms with Crippen LogP contribution in [0, 0.1) is 0 Å². The van der Waals surface area contributed by atoms with E-state index in [1.807, 2.05) is 17.4 Å². The number of furan rings is 1. The van der Waals surface area contributed by atoms with Crippen LogP contribution in [-0.2, 0) is 6.42 Å². The summed E-state index contributed by atoms with van der Waals surface area (Å²) < 4.78 is 9.03. The Hall–Kier alpha value is -7.00. The lowest BCUT2D eigenvalue weighted by Gasteiger charge is -2.20. The maximum Gasteiger partial charge on any atom is 0.135 e. The molecule has 1 aliphatic carbocycles. The predicted octanol–water partition coefficient (Wildman–Crippen LogP) is 15.8. The zero-order chi connectivity index (χ0) is 38.9. The van der Waals surface area contributed by atoms with Crippen LogP contribution in [0.4, 0.5) is 0 Å². The Morgan fingerprint density at radius 3 is 1.92 bits per heavy atom. The molecule has 1 nitrogen and oxygen atoms in total. The van der Waals surface area contributed by atoms with E-state index in [0.29, 0.717) is 0 Å². The van der Waals surface area contributed by atoms with E-state index in [1.165, 1.54) is 97.7 Å². The van der Waals surface area contributed by atoms with Crippen LogP contribution in [0.3, 0.4) is 0 Å². The highest BCUT2D eigenvalue weighted by Gasteiger charge is 2.30. The highest BCUT2D eigenvalue weighted by atomic mass is 32.1. The molecule has 0 amide bonds. The molecular formula is C57H38OS. The van der Waals surface area contributed by atoms with Gasteiger partial charge in [-0.2, -0.15) is 0 Å². The van der Waals surface area contributed by atoms with E-state index in [2.05, 4.69) is 200 Å². The molecule has 0 saturated carbocycles. The Labute approximate surface area is 347 Å². The molecule has 0 bridgehead atoms.